The molecule has 1 fully saturated rings. The van der Waals surface area contributed by atoms with E-state index in [2.05, 4.69) is 15.9 Å². The first-order valence-electron chi connectivity index (χ1n) is 10.9. The normalized spacial score (nSPS) is 14.8. The van der Waals surface area contributed by atoms with Crippen LogP contribution in [0.1, 0.15) is 16.7 Å². The van der Waals surface area contributed by atoms with Gasteiger partial charge in [-0.15, -0.1) is 0 Å². The second kappa shape index (κ2) is 10.3. The lowest BCUT2D eigenvalue weighted by molar-refractivity contribution is -0.123. The molecule has 1 saturated heterocycles. The Balaban J connectivity index is 1.28. The molecule has 174 valence electrons. The highest BCUT2D eigenvalue weighted by atomic mass is 79.9. The van der Waals surface area contributed by atoms with Crippen molar-refractivity contribution in [2.75, 3.05) is 0 Å². The molecule has 0 unspecified atom stereocenters. The van der Waals surface area contributed by atoms with E-state index in [1.54, 1.807) is 6.08 Å². The van der Waals surface area contributed by atoms with Gasteiger partial charge in [-0.05, 0) is 91.6 Å². The van der Waals surface area contributed by atoms with Gasteiger partial charge in [-0.3, -0.25) is 14.5 Å². The Kier molecular flexibility index (Phi) is 6.95. The molecule has 4 nitrogen and oxygen atoms in total. The minimum atomic E-state index is -0.285. The van der Waals surface area contributed by atoms with Gasteiger partial charge >= 0.3 is 0 Å². The van der Waals surface area contributed by atoms with E-state index in [1.165, 1.54) is 4.90 Å². The summed E-state index contributed by atoms with van der Waals surface area (Å²) in [4.78, 5) is 27.3. The van der Waals surface area contributed by atoms with Crippen molar-refractivity contribution in [3.05, 3.63) is 116 Å². The fourth-order valence-corrected chi connectivity index (χ4v) is 5.25. The maximum atomic E-state index is 13.0. The number of amides is 2. The fraction of sp³-hybridized carbons (Fsp3) is 0.0714. The molecule has 0 N–H and O–H groups in total. The molecule has 35 heavy (non-hydrogen) atoms. The van der Waals surface area contributed by atoms with Crippen molar-refractivity contribution in [2.24, 2.45) is 0 Å². The number of carbonyl (C=O) groups excluding carboxylic acids is 2. The molecule has 4 aromatic rings. The Morgan fingerprint density at radius 3 is 2.40 bits per heavy atom. The topological polar surface area (TPSA) is 46.6 Å². The van der Waals surface area contributed by atoms with Gasteiger partial charge in [0.15, 0.2) is 0 Å². The van der Waals surface area contributed by atoms with Crippen LogP contribution in [0.25, 0.3) is 16.8 Å². The van der Waals surface area contributed by atoms with E-state index in [-0.39, 0.29) is 17.7 Å². The molecule has 1 aliphatic rings. The molecule has 0 radical (unpaired) electrons. The van der Waals surface area contributed by atoms with Crippen molar-refractivity contribution >= 4 is 67.3 Å². The summed E-state index contributed by atoms with van der Waals surface area (Å²) in [6.45, 7) is 0.650. The van der Waals surface area contributed by atoms with Crippen molar-refractivity contribution in [1.29, 1.82) is 0 Å². The van der Waals surface area contributed by atoms with Crippen molar-refractivity contribution in [3.8, 4) is 5.75 Å². The molecule has 0 aromatic heterocycles. The number of ether oxygens (including phenoxy) is 1. The summed E-state index contributed by atoms with van der Waals surface area (Å²) in [6, 6.07) is 27.0. The van der Waals surface area contributed by atoms with Crippen molar-refractivity contribution in [1.82, 2.24) is 4.90 Å². The Morgan fingerprint density at radius 2 is 1.63 bits per heavy atom. The molecule has 0 spiro atoms. The molecule has 0 bridgehead atoms. The highest BCUT2D eigenvalue weighted by Crippen LogP contribution is 2.35. The number of hydrogen-bond donors (Lipinski definition) is 0. The number of hydrogen-bond acceptors (Lipinski definition) is 4. The van der Waals surface area contributed by atoms with Gasteiger partial charge in [0.25, 0.3) is 11.1 Å². The zero-order valence-corrected chi connectivity index (χ0v) is 21.6. The van der Waals surface area contributed by atoms with Gasteiger partial charge < -0.3 is 4.74 Å². The quantitative estimate of drug-likeness (QED) is 0.222. The van der Waals surface area contributed by atoms with Gasteiger partial charge in [0.2, 0.25) is 0 Å². The molecule has 0 saturated carbocycles. The van der Waals surface area contributed by atoms with Crippen LogP contribution in [0.3, 0.4) is 0 Å². The number of thioether (sulfide) groups is 1. The van der Waals surface area contributed by atoms with Crippen LogP contribution in [-0.4, -0.2) is 16.0 Å². The minimum absolute atomic E-state index is 0.244. The van der Waals surface area contributed by atoms with Gasteiger partial charge in [0.1, 0.15) is 12.4 Å². The maximum absolute atomic E-state index is 13.0. The zero-order valence-electron chi connectivity index (χ0n) is 18.4. The molecule has 1 aliphatic heterocycles. The maximum Gasteiger partial charge on any atom is 0.293 e. The Labute approximate surface area is 220 Å². The molecule has 1 heterocycles. The van der Waals surface area contributed by atoms with E-state index in [0.717, 1.165) is 43.7 Å². The third-order valence-corrected chi connectivity index (χ3v) is 7.37. The van der Waals surface area contributed by atoms with Crippen molar-refractivity contribution in [2.45, 2.75) is 13.2 Å². The standard InChI is InChI=1S/C28H19BrClNO3S/c29-24-14-19(8-12-25(24)34-17-18-6-10-23(30)11-7-18)15-26-27(32)31(28(33)35-26)16-20-5-9-21-3-1-2-4-22(21)13-20/h1-15H,16-17H2. The summed E-state index contributed by atoms with van der Waals surface area (Å²) in [6.07, 6.45) is 1.74. The first-order chi connectivity index (χ1) is 17.0. The van der Waals surface area contributed by atoms with E-state index < -0.39 is 0 Å². The average molecular weight is 565 g/mol. The number of fused-ring (bicyclic) bond motifs is 1. The molecule has 7 heteroatoms. The minimum Gasteiger partial charge on any atom is -0.488 e. The summed E-state index contributed by atoms with van der Waals surface area (Å²) >= 11 is 10.4. The fourth-order valence-electron chi connectivity index (χ4n) is 3.77. The van der Waals surface area contributed by atoms with Crippen LogP contribution in [0.4, 0.5) is 4.79 Å². The van der Waals surface area contributed by atoms with Crippen LogP contribution in [0.2, 0.25) is 5.02 Å². The van der Waals surface area contributed by atoms with Crippen LogP contribution in [0.5, 0.6) is 5.75 Å². The summed E-state index contributed by atoms with van der Waals surface area (Å²) in [5.74, 6) is 0.397. The van der Waals surface area contributed by atoms with E-state index in [0.29, 0.717) is 22.3 Å². The Morgan fingerprint density at radius 1 is 0.886 bits per heavy atom. The van der Waals surface area contributed by atoms with Crippen molar-refractivity contribution < 1.29 is 14.3 Å². The molecular weight excluding hydrogens is 546 g/mol. The molecule has 0 aliphatic carbocycles. The lowest BCUT2D eigenvalue weighted by Gasteiger charge is -2.13. The number of imide groups is 1. The SMILES string of the molecule is O=C1SC(=Cc2ccc(OCc3ccc(Cl)cc3)c(Br)c2)C(=O)N1Cc1ccc2ccccc2c1. The number of benzene rings is 4. The second-order valence-corrected chi connectivity index (χ2v) is 10.3. The predicted octanol–water partition coefficient (Wildman–Crippen LogP) is 8.07. The highest BCUT2D eigenvalue weighted by molar-refractivity contribution is 9.10. The van der Waals surface area contributed by atoms with Crippen LogP contribution >= 0.6 is 39.3 Å². The van der Waals surface area contributed by atoms with Gasteiger partial charge in [-0.25, -0.2) is 0 Å². The van der Waals surface area contributed by atoms with Gasteiger partial charge in [0.05, 0.1) is 15.9 Å². The van der Waals surface area contributed by atoms with Crippen LogP contribution in [-0.2, 0) is 17.9 Å². The molecule has 5 rings (SSSR count). The lowest BCUT2D eigenvalue weighted by Crippen LogP contribution is -2.27. The first-order valence-corrected chi connectivity index (χ1v) is 12.8. The summed E-state index contributed by atoms with van der Waals surface area (Å²) in [7, 11) is 0. The van der Waals surface area contributed by atoms with E-state index >= 15 is 0 Å². The van der Waals surface area contributed by atoms with Crippen LogP contribution in [0, 0.1) is 0 Å². The zero-order chi connectivity index (χ0) is 24.4. The lowest BCUT2D eigenvalue weighted by atomic mass is 10.1. The van der Waals surface area contributed by atoms with Gasteiger partial charge in [-0.2, -0.15) is 0 Å². The molecule has 2 amide bonds. The third-order valence-electron chi connectivity index (χ3n) is 5.59. The monoisotopic (exact) mass is 563 g/mol. The average Bonchev–Trinajstić information content (AvgIpc) is 3.12. The van der Waals surface area contributed by atoms with E-state index in [9.17, 15) is 9.59 Å². The van der Waals surface area contributed by atoms with Crippen molar-refractivity contribution in [3.63, 3.8) is 0 Å². The molecule has 0 atom stereocenters. The van der Waals surface area contributed by atoms with Crippen LogP contribution < -0.4 is 4.74 Å². The predicted molar refractivity (Wildman–Crippen MR) is 145 cm³/mol. The molecule has 4 aromatic carbocycles. The van der Waals surface area contributed by atoms with Gasteiger partial charge in [-0.1, -0.05) is 66.2 Å². The number of nitrogens with zero attached hydrogens (tertiary/aromatic N) is 1. The summed E-state index contributed by atoms with van der Waals surface area (Å²) in [5.41, 5.74) is 2.72. The summed E-state index contributed by atoms with van der Waals surface area (Å²) < 4.78 is 6.65. The number of carbonyl (C=O) groups is 2. The Bertz CT molecular complexity index is 1470. The van der Waals surface area contributed by atoms with E-state index in [4.69, 9.17) is 16.3 Å². The molecular formula is C28H19BrClNO3S. The third kappa shape index (κ3) is 5.45. The smallest absolute Gasteiger partial charge is 0.293 e. The number of halogens is 2. The second-order valence-electron chi connectivity index (χ2n) is 8.05. The Hall–Kier alpha value is -3.06. The first kappa shape index (κ1) is 23.7. The van der Waals surface area contributed by atoms with E-state index in [1.807, 2.05) is 84.9 Å². The highest BCUT2D eigenvalue weighted by Gasteiger charge is 2.35. The van der Waals surface area contributed by atoms with Crippen LogP contribution in [0.15, 0.2) is 94.3 Å². The number of rotatable bonds is 6. The van der Waals surface area contributed by atoms with Gasteiger partial charge in [0, 0.05) is 5.02 Å². The summed E-state index contributed by atoms with van der Waals surface area (Å²) in [5, 5.41) is 2.62. The largest absolute Gasteiger partial charge is 0.488 e.